The quantitative estimate of drug-likeness (QED) is 0.318. The molecule has 4 nitrogen and oxygen atoms in total. The molecule has 0 aliphatic carbocycles. The minimum absolute atomic E-state index is 0.0370. The van der Waals surface area contributed by atoms with E-state index in [9.17, 15) is 8.42 Å². The molecule has 0 heterocycles. The van der Waals surface area contributed by atoms with Gasteiger partial charge in [0.2, 0.25) is 0 Å². The van der Waals surface area contributed by atoms with Crippen molar-refractivity contribution in [1.82, 2.24) is 0 Å². The second-order valence-electron chi connectivity index (χ2n) is 2.00. The first-order chi connectivity index (χ1) is 5.16. The highest BCUT2D eigenvalue weighted by Gasteiger charge is 2.03. The molecule has 0 saturated heterocycles. The average Bonchev–Trinajstić information content (AvgIpc) is 1.86. The first-order valence-electron chi connectivity index (χ1n) is 3.15. The molecule has 0 spiro atoms. The Bertz CT molecular complexity index is 167. The summed E-state index contributed by atoms with van der Waals surface area (Å²) in [6.45, 7) is 3.76. The monoisotopic (exact) mass is 180 g/mol. The van der Waals surface area contributed by atoms with Gasteiger partial charge in [-0.25, -0.2) is 8.42 Å². The van der Waals surface area contributed by atoms with Crippen LogP contribution >= 0.6 is 0 Å². The topological polar surface area (TPSA) is 63.6 Å². The zero-order valence-electron chi connectivity index (χ0n) is 6.10. The zero-order chi connectivity index (χ0) is 8.69. The van der Waals surface area contributed by atoms with Crippen molar-refractivity contribution in [2.24, 2.45) is 0 Å². The van der Waals surface area contributed by atoms with Gasteiger partial charge in [-0.3, -0.25) is 0 Å². The SMILES string of the molecule is C=CCOCC(O)C[SH](=O)=O. The molecule has 0 aliphatic rings. The van der Waals surface area contributed by atoms with Crippen LogP contribution in [0.4, 0.5) is 0 Å². The second kappa shape index (κ2) is 6.33. The highest BCUT2D eigenvalue weighted by Crippen LogP contribution is 1.85. The van der Waals surface area contributed by atoms with Crippen LogP contribution < -0.4 is 0 Å². The van der Waals surface area contributed by atoms with Gasteiger partial charge >= 0.3 is 0 Å². The molecule has 0 bridgehead atoms. The molecule has 0 fully saturated rings. The summed E-state index contributed by atoms with van der Waals surface area (Å²) in [5.74, 6) is -0.244. The number of ether oxygens (including phenoxy) is 1. The molecule has 0 aromatic rings. The van der Waals surface area contributed by atoms with Crippen molar-refractivity contribution < 1.29 is 18.3 Å². The largest absolute Gasteiger partial charge is 0.390 e. The molecule has 0 amide bonds. The molecule has 0 aromatic carbocycles. The standard InChI is InChI=1S/C6H12O4S/c1-2-3-10-4-6(7)5-11(8)9/h2,6-7,11H,1,3-5H2. The zero-order valence-corrected chi connectivity index (χ0v) is 7.00. The Morgan fingerprint density at radius 1 is 1.64 bits per heavy atom. The van der Waals surface area contributed by atoms with Crippen molar-refractivity contribution >= 4 is 10.7 Å². The number of hydrogen-bond donors (Lipinski definition) is 2. The van der Waals surface area contributed by atoms with Gasteiger partial charge in [0.15, 0.2) is 0 Å². The van der Waals surface area contributed by atoms with E-state index in [-0.39, 0.29) is 12.4 Å². The van der Waals surface area contributed by atoms with Crippen LogP contribution in [0.5, 0.6) is 0 Å². The van der Waals surface area contributed by atoms with E-state index < -0.39 is 16.8 Å². The van der Waals surface area contributed by atoms with Crippen LogP contribution in [0.25, 0.3) is 0 Å². The van der Waals surface area contributed by atoms with Gasteiger partial charge < -0.3 is 9.84 Å². The molecular weight excluding hydrogens is 168 g/mol. The molecule has 0 aromatic heterocycles. The van der Waals surface area contributed by atoms with Crippen LogP contribution in [-0.4, -0.2) is 38.6 Å². The van der Waals surface area contributed by atoms with Gasteiger partial charge in [0.25, 0.3) is 0 Å². The third-order valence-electron chi connectivity index (χ3n) is 0.906. The highest BCUT2D eigenvalue weighted by molar-refractivity contribution is 7.72. The Balaban J connectivity index is 3.36. The van der Waals surface area contributed by atoms with E-state index in [2.05, 4.69) is 6.58 Å². The summed E-state index contributed by atoms with van der Waals surface area (Å²) in [6, 6.07) is 0. The molecule has 1 N–H and O–H groups in total. The van der Waals surface area contributed by atoms with Crippen molar-refractivity contribution in [3.8, 4) is 0 Å². The maximum absolute atomic E-state index is 10.0. The molecule has 0 radical (unpaired) electrons. The van der Waals surface area contributed by atoms with Crippen molar-refractivity contribution in [3.05, 3.63) is 12.7 Å². The molecule has 0 aliphatic heterocycles. The van der Waals surface area contributed by atoms with E-state index >= 15 is 0 Å². The summed E-state index contributed by atoms with van der Waals surface area (Å²) < 4.78 is 24.9. The van der Waals surface area contributed by atoms with Crippen molar-refractivity contribution in [2.45, 2.75) is 6.10 Å². The third-order valence-corrected chi connectivity index (χ3v) is 1.63. The Morgan fingerprint density at radius 2 is 2.27 bits per heavy atom. The number of hydrogen-bond acceptors (Lipinski definition) is 4. The maximum atomic E-state index is 10.0. The molecule has 1 unspecified atom stereocenters. The van der Waals surface area contributed by atoms with Crippen molar-refractivity contribution in [2.75, 3.05) is 19.0 Å². The molecule has 0 saturated carbocycles. The van der Waals surface area contributed by atoms with E-state index in [0.29, 0.717) is 6.61 Å². The first-order valence-corrected chi connectivity index (χ1v) is 4.51. The fraction of sp³-hybridized carbons (Fsp3) is 0.667. The van der Waals surface area contributed by atoms with Crippen LogP contribution in [0.15, 0.2) is 12.7 Å². The van der Waals surface area contributed by atoms with Gasteiger partial charge in [0, 0.05) is 0 Å². The molecule has 66 valence electrons. The predicted octanol–water partition coefficient (Wildman–Crippen LogP) is -0.839. The molecule has 0 rings (SSSR count). The Morgan fingerprint density at radius 3 is 2.73 bits per heavy atom. The minimum Gasteiger partial charge on any atom is -0.390 e. The number of rotatable bonds is 6. The minimum atomic E-state index is -2.52. The maximum Gasteiger partial charge on any atom is 0.142 e. The van der Waals surface area contributed by atoms with E-state index in [1.54, 1.807) is 0 Å². The molecule has 5 heteroatoms. The highest BCUT2D eigenvalue weighted by atomic mass is 32.2. The van der Waals surface area contributed by atoms with Crippen LogP contribution in [0.1, 0.15) is 0 Å². The van der Waals surface area contributed by atoms with Gasteiger partial charge in [-0.1, -0.05) is 6.08 Å². The van der Waals surface area contributed by atoms with E-state index in [4.69, 9.17) is 9.84 Å². The fourth-order valence-corrected chi connectivity index (χ4v) is 0.962. The van der Waals surface area contributed by atoms with Crippen LogP contribution in [0, 0.1) is 0 Å². The summed E-state index contributed by atoms with van der Waals surface area (Å²) >= 11 is 0. The molecule has 1 atom stereocenters. The Kier molecular flexibility index (Phi) is 6.10. The number of aliphatic hydroxyl groups excluding tert-OH is 1. The van der Waals surface area contributed by atoms with Crippen LogP contribution in [0.2, 0.25) is 0 Å². The smallest absolute Gasteiger partial charge is 0.142 e. The van der Waals surface area contributed by atoms with Crippen LogP contribution in [-0.2, 0) is 15.4 Å². The van der Waals surface area contributed by atoms with E-state index in [1.165, 1.54) is 6.08 Å². The predicted molar refractivity (Wildman–Crippen MR) is 42.2 cm³/mol. The third kappa shape index (κ3) is 7.51. The van der Waals surface area contributed by atoms with Gasteiger partial charge in [-0.2, -0.15) is 0 Å². The van der Waals surface area contributed by atoms with Gasteiger partial charge in [-0.05, 0) is 0 Å². The van der Waals surface area contributed by atoms with Crippen molar-refractivity contribution in [1.29, 1.82) is 0 Å². The average molecular weight is 180 g/mol. The van der Waals surface area contributed by atoms with Crippen molar-refractivity contribution in [3.63, 3.8) is 0 Å². The Hall–Kier alpha value is -0.390. The first kappa shape index (κ1) is 10.6. The molecule has 11 heavy (non-hydrogen) atoms. The summed E-state index contributed by atoms with van der Waals surface area (Å²) in [6.07, 6.45) is 0.611. The van der Waals surface area contributed by atoms with Gasteiger partial charge in [-0.15, -0.1) is 6.58 Å². The molecular formula is C6H12O4S. The van der Waals surface area contributed by atoms with Gasteiger partial charge in [0.1, 0.15) is 10.7 Å². The number of thiol groups is 1. The number of aliphatic hydroxyl groups is 1. The van der Waals surface area contributed by atoms with E-state index in [1.807, 2.05) is 0 Å². The summed E-state index contributed by atoms with van der Waals surface area (Å²) in [5.41, 5.74) is 0. The Labute approximate surface area is 67.4 Å². The summed E-state index contributed by atoms with van der Waals surface area (Å²) in [4.78, 5) is 0. The lowest BCUT2D eigenvalue weighted by Crippen LogP contribution is -2.20. The lowest BCUT2D eigenvalue weighted by atomic mass is 10.4. The summed E-state index contributed by atoms with van der Waals surface area (Å²) in [5, 5.41) is 8.90. The van der Waals surface area contributed by atoms with E-state index in [0.717, 1.165) is 0 Å². The normalized spacial score (nSPS) is 13.3. The van der Waals surface area contributed by atoms with Gasteiger partial charge in [0.05, 0.1) is 25.1 Å². The fourth-order valence-electron chi connectivity index (χ4n) is 0.512. The lowest BCUT2D eigenvalue weighted by Gasteiger charge is -2.05. The summed E-state index contributed by atoms with van der Waals surface area (Å²) in [7, 11) is -2.52. The van der Waals surface area contributed by atoms with Crippen LogP contribution in [0.3, 0.4) is 0 Å². The lowest BCUT2D eigenvalue weighted by molar-refractivity contribution is 0.0619. The second-order valence-corrected chi connectivity index (χ2v) is 3.03.